The van der Waals surface area contributed by atoms with Crippen LogP contribution in [0.15, 0.2) is 49.6 Å². The number of fused-ring (bicyclic) bond motifs is 1. The largest absolute Gasteiger partial charge is 0.490 e. The van der Waals surface area contributed by atoms with Gasteiger partial charge in [-0.05, 0) is 124 Å². The molecule has 3 nitrogen and oxygen atoms in total. The van der Waals surface area contributed by atoms with E-state index in [9.17, 15) is 4.79 Å². The third-order valence-corrected chi connectivity index (χ3v) is 8.72. The lowest BCUT2D eigenvalue weighted by atomic mass is 9.60. The molecule has 1 aromatic carbocycles. The van der Waals surface area contributed by atoms with Crippen molar-refractivity contribution in [2.45, 2.75) is 77.0 Å². The molecule has 3 aliphatic rings. The smallest absolute Gasteiger partial charge is 0.314 e. The fourth-order valence-corrected chi connectivity index (χ4v) is 6.85. The van der Waals surface area contributed by atoms with Gasteiger partial charge in [0.05, 0.1) is 5.92 Å². The molecule has 4 atom stereocenters. The molecule has 0 amide bonds. The topological polar surface area (TPSA) is 35.5 Å². The summed E-state index contributed by atoms with van der Waals surface area (Å²) in [6.07, 6.45) is 19.3. The second-order valence-electron chi connectivity index (χ2n) is 10.7. The predicted octanol–water partition coefficient (Wildman–Crippen LogP) is 7.76. The number of esters is 1. The Morgan fingerprint density at radius 2 is 1.39 bits per heavy atom. The summed E-state index contributed by atoms with van der Waals surface area (Å²) in [4.78, 5) is 12.7. The maximum atomic E-state index is 12.7. The number of hydrogen-bond donors (Lipinski definition) is 0. The van der Waals surface area contributed by atoms with Crippen LogP contribution in [0.5, 0.6) is 11.5 Å². The van der Waals surface area contributed by atoms with Crippen molar-refractivity contribution in [3.8, 4) is 11.5 Å². The Morgan fingerprint density at radius 1 is 0.788 bits per heavy atom. The van der Waals surface area contributed by atoms with Crippen molar-refractivity contribution < 1.29 is 14.3 Å². The van der Waals surface area contributed by atoms with E-state index in [4.69, 9.17) is 9.47 Å². The molecule has 3 aliphatic carbocycles. The lowest BCUT2D eigenvalue weighted by molar-refractivity contribution is -0.140. The predicted molar refractivity (Wildman–Crippen MR) is 134 cm³/mol. The number of ether oxygens (including phenoxy) is 2. The summed E-state index contributed by atoms with van der Waals surface area (Å²) < 4.78 is 11.2. The van der Waals surface area contributed by atoms with Gasteiger partial charge in [-0.25, -0.2) is 0 Å². The average Bonchev–Trinajstić information content (AvgIpc) is 2.86. The Balaban J connectivity index is 1.19. The minimum atomic E-state index is -0.0604. The van der Waals surface area contributed by atoms with Crippen LogP contribution in [0.1, 0.15) is 77.0 Å². The van der Waals surface area contributed by atoms with Crippen LogP contribution in [-0.4, -0.2) is 12.6 Å². The van der Waals surface area contributed by atoms with Crippen LogP contribution in [0.2, 0.25) is 0 Å². The molecule has 4 unspecified atom stereocenters. The highest BCUT2D eigenvalue weighted by molar-refractivity contribution is 5.75. The molecule has 33 heavy (non-hydrogen) atoms. The number of carbonyl (C=O) groups excluding carboxylic acids is 1. The lowest BCUT2D eigenvalue weighted by Crippen LogP contribution is -2.35. The average molecular weight is 451 g/mol. The number of benzene rings is 1. The van der Waals surface area contributed by atoms with E-state index in [-0.39, 0.29) is 11.9 Å². The van der Waals surface area contributed by atoms with Gasteiger partial charge >= 0.3 is 5.97 Å². The van der Waals surface area contributed by atoms with E-state index in [1.54, 1.807) is 6.08 Å². The van der Waals surface area contributed by atoms with Gasteiger partial charge in [0.15, 0.2) is 0 Å². The fraction of sp³-hybridized carbons (Fsp3) is 0.633. The van der Waals surface area contributed by atoms with Gasteiger partial charge in [-0.1, -0.05) is 25.2 Å². The van der Waals surface area contributed by atoms with Gasteiger partial charge in [0, 0.05) is 0 Å². The molecule has 0 radical (unpaired) electrons. The van der Waals surface area contributed by atoms with Gasteiger partial charge in [-0.2, -0.15) is 0 Å². The van der Waals surface area contributed by atoms with Crippen LogP contribution in [0.3, 0.4) is 0 Å². The first kappa shape index (κ1) is 24.1. The van der Waals surface area contributed by atoms with Crippen molar-refractivity contribution in [1.29, 1.82) is 0 Å². The van der Waals surface area contributed by atoms with Crippen molar-refractivity contribution in [2.75, 3.05) is 6.61 Å². The summed E-state index contributed by atoms with van der Waals surface area (Å²) in [5.41, 5.74) is 0. The monoisotopic (exact) mass is 450 g/mol. The minimum absolute atomic E-state index is 0.0505. The van der Waals surface area contributed by atoms with E-state index in [0.717, 1.165) is 48.2 Å². The molecule has 0 bridgehead atoms. The highest BCUT2D eigenvalue weighted by Gasteiger charge is 2.39. The molecular weight excluding hydrogens is 408 g/mol. The molecule has 0 saturated heterocycles. The second-order valence-corrected chi connectivity index (χ2v) is 10.7. The standard InChI is InChI=1S/C30H42O3/c1-3-5-6-22-7-8-27-21-26(14-13-25(27)20-22)23-9-11-24(12-10-23)30(31)33-29-17-15-28(16-18-29)32-19-4-2/h3-4,15-18,22-27H,1-2,5-14,19-21H2. The van der Waals surface area contributed by atoms with E-state index >= 15 is 0 Å². The molecule has 1 aromatic rings. The van der Waals surface area contributed by atoms with Gasteiger partial charge in [-0.3, -0.25) is 4.79 Å². The molecule has 0 heterocycles. The molecule has 4 rings (SSSR count). The first-order valence-electron chi connectivity index (χ1n) is 13.3. The molecule has 3 saturated carbocycles. The van der Waals surface area contributed by atoms with Gasteiger partial charge in [0.25, 0.3) is 0 Å². The van der Waals surface area contributed by atoms with Crippen LogP contribution in [0.4, 0.5) is 0 Å². The first-order valence-corrected chi connectivity index (χ1v) is 13.3. The Bertz CT molecular complexity index is 774. The van der Waals surface area contributed by atoms with Crippen LogP contribution >= 0.6 is 0 Å². The summed E-state index contributed by atoms with van der Waals surface area (Å²) in [5.74, 6) is 5.94. The molecule has 0 spiro atoms. The van der Waals surface area contributed by atoms with Crippen LogP contribution in [-0.2, 0) is 4.79 Å². The zero-order valence-corrected chi connectivity index (χ0v) is 20.3. The SMILES string of the molecule is C=CCCC1CCC2CC(C3CCC(C(=O)Oc4ccc(OCC=C)cc4)CC3)CCC2C1. The van der Waals surface area contributed by atoms with Gasteiger partial charge in [0.2, 0.25) is 0 Å². The van der Waals surface area contributed by atoms with Crippen molar-refractivity contribution in [3.05, 3.63) is 49.6 Å². The Labute approximate surface area is 200 Å². The molecule has 180 valence electrons. The second kappa shape index (κ2) is 11.9. The minimum Gasteiger partial charge on any atom is -0.490 e. The zero-order valence-electron chi connectivity index (χ0n) is 20.3. The third-order valence-electron chi connectivity index (χ3n) is 8.72. The number of carbonyl (C=O) groups is 1. The summed E-state index contributed by atoms with van der Waals surface area (Å²) in [6, 6.07) is 7.30. The van der Waals surface area contributed by atoms with Crippen LogP contribution < -0.4 is 9.47 Å². The maximum Gasteiger partial charge on any atom is 0.314 e. The Morgan fingerprint density at radius 3 is 2.09 bits per heavy atom. The van der Waals surface area contributed by atoms with E-state index in [2.05, 4.69) is 19.2 Å². The summed E-state index contributed by atoms with van der Waals surface area (Å²) in [5, 5.41) is 0. The Hall–Kier alpha value is -2.03. The molecule has 0 N–H and O–H groups in total. The third kappa shape index (κ3) is 6.52. The summed E-state index contributed by atoms with van der Waals surface area (Å²) >= 11 is 0. The highest BCUT2D eigenvalue weighted by atomic mass is 16.5. The van der Waals surface area contributed by atoms with Gasteiger partial charge in [0.1, 0.15) is 18.1 Å². The normalized spacial score (nSPS) is 31.8. The molecule has 3 heteroatoms. The van der Waals surface area contributed by atoms with E-state index in [1.165, 1.54) is 64.2 Å². The fourth-order valence-electron chi connectivity index (χ4n) is 6.85. The zero-order chi connectivity index (χ0) is 23.0. The quantitative estimate of drug-likeness (QED) is 0.219. The van der Waals surface area contributed by atoms with E-state index < -0.39 is 0 Å². The van der Waals surface area contributed by atoms with E-state index in [0.29, 0.717) is 12.4 Å². The van der Waals surface area contributed by atoms with Gasteiger partial charge in [-0.15, -0.1) is 6.58 Å². The molecule has 0 aromatic heterocycles. The van der Waals surface area contributed by atoms with Crippen molar-refractivity contribution in [2.24, 2.45) is 35.5 Å². The summed E-state index contributed by atoms with van der Waals surface area (Å²) in [6.45, 7) is 8.03. The van der Waals surface area contributed by atoms with Crippen molar-refractivity contribution in [1.82, 2.24) is 0 Å². The van der Waals surface area contributed by atoms with Crippen molar-refractivity contribution >= 4 is 5.97 Å². The maximum absolute atomic E-state index is 12.7. The van der Waals surface area contributed by atoms with Gasteiger partial charge < -0.3 is 9.47 Å². The summed E-state index contributed by atoms with van der Waals surface area (Å²) in [7, 11) is 0. The molecular formula is C30H42O3. The Kier molecular flexibility index (Phi) is 8.69. The number of rotatable bonds is 9. The first-order chi connectivity index (χ1) is 16.2. The highest BCUT2D eigenvalue weighted by Crippen LogP contribution is 2.49. The number of hydrogen-bond acceptors (Lipinski definition) is 3. The van der Waals surface area contributed by atoms with Crippen LogP contribution in [0.25, 0.3) is 0 Å². The van der Waals surface area contributed by atoms with Crippen molar-refractivity contribution in [3.63, 3.8) is 0 Å². The number of allylic oxidation sites excluding steroid dienone is 1. The van der Waals surface area contributed by atoms with Crippen LogP contribution in [0, 0.1) is 35.5 Å². The van der Waals surface area contributed by atoms with E-state index in [1.807, 2.05) is 24.3 Å². The molecule has 3 fully saturated rings. The lowest BCUT2D eigenvalue weighted by Gasteiger charge is -2.45. The molecule has 0 aliphatic heterocycles.